The van der Waals surface area contributed by atoms with E-state index in [1.807, 2.05) is 0 Å². The maximum Gasteiger partial charge on any atom is 0.162 e. The normalized spacial score (nSPS) is 19.3. The fourth-order valence-electron chi connectivity index (χ4n) is 2.60. The number of hydrogen-bond donors (Lipinski definition) is 1. The summed E-state index contributed by atoms with van der Waals surface area (Å²) in [7, 11) is 1.69. The standard InChI is InChI=1S/C14H19F2NO/c1-18-14(6-3-7-14)9-11(17)8-10-4-2-5-12(15)13(10)16/h2,4-5,11H,3,6-9,17H2,1H3. The van der Waals surface area contributed by atoms with Crippen molar-refractivity contribution in [2.75, 3.05) is 7.11 Å². The average molecular weight is 255 g/mol. The van der Waals surface area contributed by atoms with E-state index in [0.717, 1.165) is 25.3 Å². The van der Waals surface area contributed by atoms with Crippen molar-refractivity contribution in [3.05, 3.63) is 35.4 Å². The molecule has 1 aromatic rings. The van der Waals surface area contributed by atoms with Crippen molar-refractivity contribution >= 4 is 0 Å². The second-order valence-corrected chi connectivity index (χ2v) is 5.12. The molecule has 2 nitrogen and oxygen atoms in total. The highest BCUT2D eigenvalue weighted by molar-refractivity contribution is 5.20. The lowest BCUT2D eigenvalue weighted by molar-refractivity contribution is -0.0813. The molecule has 0 bridgehead atoms. The number of benzene rings is 1. The largest absolute Gasteiger partial charge is 0.378 e. The summed E-state index contributed by atoms with van der Waals surface area (Å²) in [6, 6.07) is 4.00. The third-order valence-electron chi connectivity index (χ3n) is 3.85. The molecule has 1 saturated carbocycles. The van der Waals surface area contributed by atoms with Crippen LogP contribution in [0.4, 0.5) is 8.78 Å². The smallest absolute Gasteiger partial charge is 0.162 e. The Morgan fingerprint density at radius 3 is 2.67 bits per heavy atom. The number of halogens is 2. The summed E-state index contributed by atoms with van der Waals surface area (Å²) < 4.78 is 32.1. The first-order valence-electron chi connectivity index (χ1n) is 6.30. The molecule has 0 spiro atoms. The second-order valence-electron chi connectivity index (χ2n) is 5.12. The van der Waals surface area contributed by atoms with E-state index < -0.39 is 11.6 Å². The molecule has 2 rings (SSSR count). The maximum absolute atomic E-state index is 13.5. The van der Waals surface area contributed by atoms with Crippen molar-refractivity contribution < 1.29 is 13.5 Å². The van der Waals surface area contributed by atoms with Crippen molar-refractivity contribution in [3.63, 3.8) is 0 Å². The first-order chi connectivity index (χ1) is 8.56. The van der Waals surface area contributed by atoms with Crippen molar-refractivity contribution in [1.29, 1.82) is 0 Å². The molecule has 0 aromatic heterocycles. The van der Waals surface area contributed by atoms with Gasteiger partial charge in [0.15, 0.2) is 11.6 Å². The Morgan fingerprint density at radius 2 is 2.11 bits per heavy atom. The van der Waals surface area contributed by atoms with Crippen molar-refractivity contribution in [2.45, 2.75) is 43.7 Å². The summed E-state index contributed by atoms with van der Waals surface area (Å²) in [5, 5.41) is 0. The summed E-state index contributed by atoms with van der Waals surface area (Å²) in [6.45, 7) is 0. The summed E-state index contributed by atoms with van der Waals surface area (Å²) in [5.74, 6) is -1.60. The number of nitrogens with two attached hydrogens (primary N) is 1. The monoisotopic (exact) mass is 255 g/mol. The summed E-state index contributed by atoms with van der Waals surface area (Å²) in [4.78, 5) is 0. The van der Waals surface area contributed by atoms with Gasteiger partial charge in [0.2, 0.25) is 0 Å². The molecular weight excluding hydrogens is 236 g/mol. The molecule has 0 radical (unpaired) electrons. The molecule has 0 aliphatic heterocycles. The van der Waals surface area contributed by atoms with Gasteiger partial charge in [-0.25, -0.2) is 8.78 Å². The van der Waals surface area contributed by atoms with Crippen molar-refractivity contribution in [2.24, 2.45) is 5.73 Å². The minimum atomic E-state index is -0.815. The Labute approximate surface area is 106 Å². The summed E-state index contributed by atoms with van der Waals surface area (Å²) >= 11 is 0. The van der Waals surface area contributed by atoms with Gasteiger partial charge in [0, 0.05) is 13.2 Å². The molecule has 1 atom stereocenters. The first kappa shape index (κ1) is 13.4. The quantitative estimate of drug-likeness (QED) is 0.878. The van der Waals surface area contributed by atoms with E-state index in [1.54, 1.807) is 13.2 Å². The Balaban J connectivity index is 1.98. The molecule has 18 heavy (non-hydrogen) atoms. The number of methoxy groups -OCH3 is 1. The van der Waals surface area contributed by atoms with Gasteiger partial charge in [-0.3, -0.25) is 0 Å². The van der Waals surface area contributed by atoms with E-state index in [-0.39, 0.29) is 11.6 Å². The van der Waals surface area contributed by atoms with Gasteiger partial charge in [-0.2, -0.15) is 0 Å². The van der Waals surface area contributed by atoms with Gasteiger partial charge in [0.05, 0.1) is 5.60 Å². The van der Waals surface area contributed by atoms with Crippen LogP contribution in [0.15, 0.2) is 18.2 Å². The third kappa shape index (κ3) is 2.70. The van der Waals surface area contributed by atoms with E-state index >= 15 is 0 Å². The third-order valence-corrected chi connectivity index (χ3v) is 3.85. The lowest BCUT2D eigenvalue weighted by Crippen LogP contribution is -2.45. The molecule has 0 saturated heterocycles. The molecule has 0 amide bonds. The van der Waals surface area contributed by atoms with Gasteiger partial charge < -0.3 is 10.5 Å². The van der Waals surface area contributed by atoms with Crippen LogP contribution in [0.2, 0.25) is 0 Å². The predicted molar refractivity (Wildman–Crippen MR) is 66.2 cm³/mol. The summed E-state index contributed by atoms with van der Waals surface area (Å²) in [5.41, 5.74) is 6.23. The van der Waals surface area contributed by atoms with E-state index in [1.165, 1.54) is 6.07 Å². The van der Waals surface area contributed by atoms with Crippen LogP contribution < -0.4 is 5.73 Å². The molecule has 100 valence electrons. The zero-order valence-electron chi connectivity index (χ0n) is 10.6. The van der Waals surface area contributed by atoms with Crippen LogP contribution in [-0.4, -0.2) is 18.8 Å². The molecular formula is C14H19F2NO. The summed E-state index contributed by atoms with van der Waals surface area (Å²) in [6.07, 6.45) is 4.19. The van der Waals surface area contributed by atoms with Crippen LogP contribution >= 0.6 is 0 Å². The molecule has 1 fully saturated rings. The van der Waals surface area contributed by atoms with Gasteiger partial charge in [0.1, 0.15) is 0 Å². The molecule has 1 aliphatic rings. The second kappa shape index (κ2) is 5.33. The van der Waals surface area contributed by atoms with E-state index in [4.69, 9.17) is 10.5 Å². The van der Waals surface area contributed by atoms with Crippen LogP contribution in [0.25, 0.3) is 0 Å². The van der Waals surface area contributed by atoms with Gasteiger partial charge in [0.25, 0.3) is 0 Å². The number of ether oxygens (including phenoxy) is 1. The zero-order valence-corrected chi connectivity index (χ0v) is 10.6. The highest BCUT2D eigenvalue weighted by atomic mass is 19.2. The number of rotatable bonds is 5. The van der Waals surface area contributed by atoms with Crippen molar-refractivity contribution in [3.8, 4) is 0 Å². The van der Waals surface area contributed by atoms with Crippen molar-refractivity contribution in [1.82, 2.24) is 0 Å². The fraction of sp³-hybridized carbons (Fsp3) is 0.571. The maximum atomic E-state index is 13.5. The van der Waals surface area contributed by atoms with Crippen LogP contribution in [0.3, 0.4) is 0 Å². The average Bonchev–Trinajstić information content (AvgIpc) is 2.30. The van der Waals surface area contributed by atoms with Crippen LogP contribution in [-0.2, 0) is 11.2 Å². The van der Waals surface area contributed by atoms with Gasteiger partial charge in [-0.15, -0.1) is 0 Å². The SMILES string of the molecule is COC1(CC(N)Cc2cccc(F)c2F)CCC1. The van der Waals surface area contributed by atoms with Crippen LogP contribution in [0.1, 0.15) is 31.2 Å². The van der Waals surface area contributed by atoms with E-state index in [2.05, 4.69) is 0 Å². The highest BCUT2D eigenvalue weighted by Crippen LogP contribution is 2.39. The lowest BCUT2D eigenvalue weighted by atomic mass is 9.75. The van der Waals surface area contributed by atoms with Gasteiger partial charge in [-0.1, -0.05) is 12.1 Å². The molecule has 2 N–H and O–H groups in total. The fourth-order valence-corrected chi connectivity index (χ4v) is 2.60. The molecule has 0 heterocycles. The van der Waals surface area contributed by atoms with Gasteiger partial charge >= 0.3 is 0 Å². The predicted octanol–water partition coefficient (Wildman–Crippen LogP) is 2.79. The minimum Gasteiger partial charge on any atom is -0.378 e. The molecule has 1 aromatic carbocycles. The molecule has 1 aliphatic carbocycles. The van der Waals surface area contributed by atoms with Gasteiger partial charge in [-0.05, 0) is 43.7 Å². The Bertz CT molecular complexity index is 413. The lowest BCUT2D eigenvalue weighted by Gasteiger charge is -2.42. The Hall–Kier alpha value is -1.00. The van der Waals surface area contributed by atoms with E-state index in [0.29, 0.717) is 18.4 Å². The first-order valence-corrected chi connectivity index (χ1v) is 6.30. The Kier molecular flexibility index (Phi) is 3.97. The van der Waals surface area contributed by atoms with E-state index in [9.17, 15) is 8.78 Å². The highest BCUT2D eigenvalue weighted by Gasteiger charge is 2.38. The number of hydrogen-bond acceptors (Lipinski definition) is 2. The topological polar surface area (TPSA) is 35.2 Å². The minimum absolute atomic E-state index is 0.136. The molecule has 4 heteroatoms. The van der Waals surface area contributed by atoms with Crippen LogP contribution in [0.5, 0.6) is 0 Å². The Morgan fingerprint density at radius 1 is 1.39 bits per heavy atom. The van der Waals surface area contributed by atoms with Crippen LogP contribution in [0, 0.1) is 11.6 Å². The molecule has 1 unspecified atom stereocenters. The zero-order chi connectivity index (χ0) is 13.2.